The number of nitrogens with one attached hydrogen (secondary N) is 1. The van der Waals surface area contributed by atoms with Gasteiger partial charge in [0.15, 0.2) is 11.6 Å². The normalized spacial score (nSPS) is 27.2. The number of carbonyl (C=O) groups is 1. The van der Waals surface area contributed by atoms with Crippen molar-refractivity contribution in [1.29, 1.82) is 0 Å². The Morgan fingerprint density at radius 1 is 1.19 bits per heavy atom. The zero-order valence-electron chi connectivity index (χ0n) is 17.9. The first-order valence-corrected chi connectivity index (χ1v) is 12.5. The molecule has 1 aromatic rings. The number of benzene rings is 1. The van der Waals surface area contributed by atoms with Crippen molar-refractivity contribution >= 4 is 16.1 Å². The molecule has 31 heavy (non-hydrogen) atoms. The predicted molar refractivity (Wildman–Crippen MR) is 111 cm³/mol. The number of piperidine rings is 1. The average molecular weight is 461 g/mol. The molecule has 0 spiro atoms. The van der Waals surface area contributed by atoms with Crippen LogP contribution in [0.2, 0.25) is 0 Å². The van der Waals surface area contributed by atoms with E-state index in [1.165, 1.54) is 18.1 Å². The van der Waals surface area contributed by atoms with Crippen molar-refractivity contribution in [2.75, 3.05) is 26.5 Å². The van der Waals surface area contributed by atoms with Crippen molar-refractivity contribution in [2.24, 2.45) is 0 Å². The van der Waals surface area contributed by atoms with Gasteiger partial charge in [-0.15, -0.1) is 0 Å². The van der Waals surface area contributed by atoms with E-state index in [1.807, 2.05) is 0 Å². The molecule has 1 saturated heterocycles. The van der Waals surface area contributed by atoms with Crippen LogP contribution in [0.4, 0.5) is 13.6 Å². The summed E-state index contributed by atoms with van der Waals surface area (Å²) in [5, 5.41) is 0. The number of rotatable bonds is 6. The number of methoxy groups -OCH3 is 1. The largest absolute Gasteiger partial charge is 0.453 e. The van der Waals surface area contributed by atoms with Crippen molar-refractivity contribution in [3.8, 4) is 0 Å². The summed E-state index contributed by atoms with van der Waals surface area (Å²) in [4.78, 5) is 13.7. The molecule has 0 radical (unpaired) electrons. The quantitative estimate of drug-likeness (QED) is 0.705. The van der Waals surface area contributed by atoms with Gasteiger partial charge in [0.2, 0.25) is 10.0 Å². The molecule has 1 amide bonds. The summed E-state index contributed by atoms with van der Waals surface area (Å²) >= 11 is 0. The van der Waals surface area contributed by atoms with Crippen LogP contribution >= 0.6 is 0 Å². The minimum absolute atomic E-state index is 0.0588. The Hall–Kier alpha value is -1.78. The monoisotopic (exact) mass is 460 g/mol. The van der Waals surface area contributed by atoms with Gasteiger partial charge in [-0.2, -0.15) is 0 Å². The van der Waals surface area contributed by atoms with Crippen LogP contribution in [0.5, 0.6) is 0 Å². The molecule has 2 aliphatic rings. The first-order chi connectivity index (χ1) is 14.7. The van der Waals surface area contributed by atoms with E-state index in [4.69, 9.17) is 9.47 Å². The lowest BCUT2D eigenvalue weighted by molar-refractivity contribution is -0.0246. The van der Waals surface area contributed by atoms with Crippen molar-refractivity contribution in [3.63, 3.8) is 0 Å². The second-order valence-electron chi connectivity index (χ2n) is 8.32. The molecule has 1 aliphatic carbocycles. The Bertz CT molecular complexity index is 875. The third kappa shape index (κ3) is 6.14. The molecule has 0 aromatic heterocycles. The molecule has 2 atom stereocenters. The lowest BCUT2D eigenvalue weighted by Gasteiger charge is -2.41. The summed E-state index contributed by atoms with van der Waals surface area (Å²) in [7, 11) is -2.16. The predicted octanol–water partition coefficient (Wildman–Crippen LogP) is 3.16. The van der Waals surface area contributed by atoms with Crippen LogP contribution in [0.3, 0.4) is 0 Å². The highest BCUT2D eigenvalue weighted by Gasteiger charge is 2.37. The summed E-state index contributed by atoms with van der Waals surface area (Å²) in [5.74, 6) is -1.67. The van der Waals surface area contributed by atoms with E-state index in [-0.39, 0.29) is 18.6 Å². The summed E-state index contributed by atoms with van der Waals surface area (Å²) < 4.78 is 64.7. The van der Waals surface area contributed by atoms with E-state index in [9.17, 15) is 22.0 Å². The fraction of sp³-hybridized carbons (Fsp3) is 0.667. The lowest BCUT2D eigenvalue weighted by atomic mass is 9.82. The van der Waals surface area contributed by atoms with Crippen molar-refractivity contribution in [2.45, 2.75) is 62.6 Å². The van der Waals surface area contributed by atoms with E-state index in [1.54, 1.807) is 6.07 Å². The van der Waals surface area contributed by atoms with E-state index in [0.29, 0.717) is 50.6 Å². The van der Waals surface area contributed by atoms with Crippen LogP contribution in [0.1, 0.15) is 50.0 Å². The Morgan fingerprint density at radius 2 is 1.90 bits per heavy atom. The molecule has 3 rings (SSSR count). The van der Waals surface area contributed by atoms with Gasteiger partial charge in [0, 0.05) is 12.6 Å². The summed E-state index contributed by atoms with van der Waals surface area (Å²) in [6, 6.07) is 3.33. The number of hydrogen-bond donors (Lipinski definition) is 1. The number of nitrogens with zero attached hydrogens (tertiary/aromatic N) is 1. The smallest absolute Gasteiger partial charge is 0.409 e. The molecule has 1 N–H and O–H groups in total. The van der Waals surface area contributed by atoms with Crippen LogP contribution in [0.25, 0.3) is 0 Å². The number of halogens is 2. The van der Waals surface area contributed by atoms with Crippen molar-refractivity contribution in [1.82, 2.24) is 9.62 Å². The highest BCUT2D eigenvalue weighted by molar-refractivity contribution is 7.88. The molecule has 0 bridgehead atoms. The molecular formula is C21H30F2N2O5S. The van der Waals surface area contributed by atoms with Gasteiger partial charge >= 0.3 is 6.09 Å². The maximum absolute atomic E-state index is 14.1. The molecule has 1 saturated carbocycles. The molecule has 1 aliphatic heterocycles. The highest BCUT2D eigenvalue weighted by Crippen LogP contribution is 2.36. The Morgan fingerprint density at radius 3 is 2.55 bits per heavy atom. The first kappa shape index (κ1) is 23.9. The number of ether oxygens (including phenoxy) is 2. The number of sulfonamides is 1. The standard InChI is InChI=1S/C21H30F2N2O5S/c1-29-21(26)25-12-4-7-18(24-31(2,27)28)19(25)13-30-15-10-8-14(9-11-15)16-5-3-6-17(22)20(16)23/h3,5-6,14-15,18-19,24H,4,7-13H2,1-2H3/t14?,15?,18-,19-/m0/s1. The zero-order valence-corrected chi connectivity index (χ0v) is 18.7. The number of amides is 1. The zero-order chi connectivity index (χ0) is 22.6. The van der Waals surface area contributed by atoms with E-state index >= 15 is 0 Å². The van der Waals surface area contributed by atoms with Gasteiger partial charge in [0.25, 0.3) is 0 Å². The maximum atomic E-state index is 14.1. The number of carbonyl (C=O) groups excluding carboxylic acids is 1. The van der Waals surface area contributed by atoms with Crippen LogP contribution in [-0.2, 0) is 19.5 Å². The molecule has 174 valence electrons. The minimum Gasteiger partial charge on any atom is -0.453 e. The molecule has 0 unspecified atom stereocenters. The molecule has 1 aromatic carbocycles. The molecule has 7 nitrogen and oxygen atoms in total. The number of likely N-dealkylation sites (tertiary alicyclic amines) is 1. The molecule has 10 heteroatoms. The van der Waals surface area contributed by atoms with Gasteiger partial charge in [-0.25, -0.2) is 26.7 Å². The Balaban J connectivity index is 1.61. The average Bonchev–Trinajstić information content (AvgIpc) is 2.73. The van der Waals surface area contributed by atoms with E-state index in [2.05, 4.69) is 4.72 Å². The van der Waals surface area contributed by atoms with Gasteiger partial charge in [-0.1, -0.05) is 12.1 Å². The third-order valence-corrected chi connectivity index (χ3v) is 6.88. The maximum Gasteiger partial charge on any atom is 0.409 e. The molecule has 2 fully saturated rings. The highest BCUT2D eigenvalue weighted by atomic mass is 32.2. The van der Waals surface area contributed by atoms with Crippen LogP contribution < -0.4 is 4.72 Å². The third-order valence-electron chi connectivity index (χ3n) is 6.15. The van der Waals surface area contributed by atoms with Gasteiger partial charge < -0.3 is 14.4 Å². The van der Waals surface area contributed by atoms with Crippen molar-refractivity contribution in [3.05, 3.63) is 35.4 Å². The van der Waals surface area contributed by atoms with Crippen LogP contribution in [0, 0.1) is 11.6 Å². The molecule has 1 heterocycles. The Kier molecular flexibility index (Phi) is 7.87. The van der Waals surface area contributed by atoms with Gasteiger partial charge in [0.1, 0.15) is 0 Å². The number of hydrogen-bond acceptors (Lipinski definition) is 5. The minimum atomic E-state index is -3.45. The van der Waals surface area contributed by atoms with Crippen LogP contribution in [0.15, 0.2) is 18.2 Å². The van der Waals surface area contributed by atoms with Crippen molar-refractivity contribution < 1.29 is 31.5 Å². The molecular weight excluding hydrogens is 430 g/mol. The van der Waals surface area contributed by atoms with E-state index in [0.717, 1.165) is 12.3 Å². The fourth-order valence-electron chi connectivity index (χ4n) is 4.63. The summed E-state index contributed by atoms with van der Waals surface area (Å²) in [6.45, 7) is 0.639. The topological polar surface area (TPSA) is 84.9 Å². The second-order valence-corrected chi connectivity index (χ2v) is 10.1. The van der Waals surface area contributed by atoms with Gasteiger partial charge in [-0.3, -0.25) is 0 Å². The van der Waals surface area contributed by atoms with Gasteiger partial charge in [-0.05, 0) is 56.1 Å². The lowest BCUT2D eigenvalue weighted by Crippen LogP contribution is -2.59. The first-order valence-electron chi connectivity index (χ1n) is 10.6. The second kappa shape index (κ2) is 10.2. The Labute approximate surface area is 182 Å². The SMILES string of the molecule is COC(=O)N1CCC[C@H](NS(C)(=O)=O)[C@@H]1COC1CCC(c2cccc(F)c2F)CC1. The fourth-order valence-corrected chi connectivity index (χ4v) is 5.46. The van der Waals surface area contributed by atoms with E-state index < -0.39 is 39.8 Å². The summed E-state index contributed by atoms with van der Waals surface area (Å²) in [6.07, 6.45) is 4.43. The van der Waals surface area contributed by atoms with Gasteiger partial charge in [0.05, 0.1) is 32.1 Å². The van der Waals surface area contributed by atoms with Crippen LogP contribution in [-0.4, -0.2) is 64.1 Å². The summed E-state index contributed by atoms with van der Waals surface area (Å²) in [5.41, 5.74) is 0.403.